The van der Waals surface area contributed by atoms with Crippen LogP contribution in [0.1, 0.15) is 0 Å². The topological polar surface area (TPSA) is 130 Å². The molecule has 0 aliphatic heterocycles. The number of nitro benzene ring substituents is 2. The summed E-state index contributed by atoms with van der Waals surface area (Å²) >= 11 is -3.95. The average molecular weight is 520 g/mol. The summed E-state index contributed by atoms with van der Waals surface area (Å²) in [6, 6.07) is 8.53. The van der Waals surface area contributed by atoms with Gasteiger partial charge in [0.2, 0.25) is 0 Å². The van der Waals surface area contributed by atoms with Crippen molar-refractivity contribution in [2.45, 2.75) is 5.51 Å². The maximum absolute atomic E-state index is 12.7. The van der Waals surface area contributed by atoms with Crippen LogP contribution in [0, 0.1) is 27.4 Å². The van der Waals surface area contributed by atoms with Gasteiger partial charge < -0.3 is 0 Å². The van der Waals surface area contributed by atoms with Crippen LogP contribution in [0.2, 0.25) is 0 Å². The normalized spacial score (nSPS) is 12.5. The van der Waals surface area contributed by atoms with Crippen LogP contribution >= 0.6 is 20.2 Å². The van der Waals surface area contributed by atoms with Gasteiger partial charge in [0.15, 0.2) is 0 Å². The summed E-state index contributed by atoms with van der Waals surface area (Å²) in [5.41, 5.74) is -6.70. The van der Waals surface area contributed by atoms with Crippen molar-refractivity contribution in [3.8, 4) is 0 Å². The van der Waals surface area contributed by atoms with Crippen LogP contribution in [0.15, 0.2) is 48.5 Å². The molecule has 9 nitrogen and oxygen atoms in total. The first kappa shape index (κ1) is 21.0. The van der Waals surface area contributed by atoms with Gasteiger partial charge in [0.25, 0.3) is 0 Å². The molecule has 0 amide bonds. The minimum absolute atomic E-state index is 0.151. The molecule has 0 bridgehead atoms. The van der Waals surface area contributed by atoms with Crippen LogP contribution in [0.4, 0.5) is 24.5 Å². The molecular formula is C13H8F3IN2O7S. The van der Waals surface area contributed by atoms with E-state index in [0.29, 0.717) is 0 Å². The van der Waals surface area contributed by atoms with Gasteiger partial charge in [-0.2, -0.15) is 0 Å². The van der Waals surface area contributed by atoms with Crippen LogP contribution in [-0.4, -0.2) is 23.8 Å². The number of alkyl halides is 3. The fourth-order valence-electron chi connectivity index (χ4n) is 1.71. The van der Waals surface area contributed by atoms with Crippen molar-refractivity contribution >= 4 is 41.7 Å². The number of halogens is 4. The molecule has 14 heteroatoms. The predicted molar refractivity (Wildman–Crippen MR) is 93.7 cm³/mol. The zero-order valence-electron chi connectivity index (χ0n) is 12.8. The number of rotatable bonds is 6. The van der Waals surface area contributed by atoms with Crippen LogP contribution in [0.25, 0.3) is 0 Å². The van der Waals surface area contributed by atoms with Gasteiger partial charge in [0.1, 0.15) is 0 Å². The molecule has 0 heterocycles. The van der Waals surface area contributed by atoms with E-state index in [2.05, 4.69) is 2.51 Å². The standard InChI is InChI=1S/C13H8F3IN2O7S/c14-13(15,16)27(24,25)26-17(9-3-1-5-11(7-9)18(20)21)10-4-2-6-12(8-10)19(22)23/h1-8H. The fraction of sp³-hybridized carbons (Fsp3) is 0.0769. The second-order valence-electron chi connectivity index (χ2n) is 4.69. The third-order valence-corrected chi connectivity index (χ3v) is 9.83. The van der Waals surface area contributed by atoms with Gasteiger partial charge in [0.05, 0.1) is 0 Å². The van der Waals surface area contributed by atoms with Gasteiger partial charge in [-0.3, -0.25) is 0 Å². The Hall–Kier alpha value is -2.33. The molecule has 0 aliphatic carbocycles. The first-order valence-corrected chi connectivity index (χ1v) is 11.1. The number of hydrogen-bond acceptors (Lipinski definition) is 7. The Bertz CT molecular complexity index is 940. The third kappa shape index (κ3) is 4.89. The van der Waals surface area contributed by atoms with Crippen LogP contribution < -0.4 is 0 Å². The van der Waals surface area contributed by atoms with Gasteiger partial charge in [0, 0.05) is 0 Å². The summed E-state index contributed by atoms with van der Waals surface area (Å²) in [5.74, 6) is 0. The molecule has 0 saturated carbocycles. The molecule has 0 saturated heterocycles. The average Bonchev–Trinajstić information content (AvgIpc) is 2.59. The SMILES string of the molecule is O=[N+]([O-])c1cccc(I(OS(=O)(=O)C(F)(F)F)c2cccc([N+](=O)[O-])c2)c1. The second kappa shape index (κ2) is 7.73. The summed E-state index contributed by atoms with van der Waals surface area (Å²) in [6.45, 7) is 0. The van der Waals surface area contributed by atoms with Crippen molar-refractivity contribution in [2.75, 3.05) is 0 Å². The molecule has 2 aromatic carbocycles. The molecule has 0 fully saturated rings. The molecule has 146 valence electrons. The Morgan fingerprint density at radius 1 is 0.889 bits per heavy atom. The molecule has 0 N–H and O–H groups in total. The van der Waals surface area contributed by atoms with E-state index in [0.717, 1.165) is 36.4 Å². The van der Waals surface area contributed by atoms with Crippen LogP contribution in [0.5, 0.6) is 0 Å². The van der Waals surface area contributed by atoms with Crippen molar-refractivity contribution in [3.05, 3.63) is 75.9 Å². The molecule has 0 aliphatic rings. The van der Waals surface area contributed by atoms with Gasteiger partial charge >= 0.3 is 157 Å². The van der Waals surface area contributed by atoms with Gasteiger partial charge in [-0.05, 0) is 0 Å². The number of nitro groups is 2. The third-order valence-electron chi connectivity index (χ3n) is 2.86. The zero-order valence-corrected chi connectivity index (χ0v) is 15.8. The first-order chi connectivity index (χ1) is 12.4. The Kier molecular flexibility index (Phi) is 6.01. The number of non-ortho nitro benzene ring substituents is 2. The quantitative estimate of drug-likeness (QED) is 0.245. The minimum atomic E-state index is -6.03. The van der Waals surface area contributed by atoms with E-state index in [4.69, 9.17) is 0 Å². The molecule has 0 atom stereocenters. The number of hydrogen-bond donors (Lipinski definition) is 0. The van der Waals surface area contributed by atoms with Crippen LogP contribution in [0.3, 0.4) is 0 Å². The Balaban J connectivity index is 2.62. The fourth-order valence-corrected chi connectivity index (χ4v) is 8.36. The maximum atomic E-state index is 12.7. The van der Waals surface area contributed by atoms with Gasteiger partial charge in [-0.15, -0.1) is 0 Å². The molecule has 0 unspecified atom stereocenters. The zero-order chi connectivity index (χ0) is 20.4. The summed E-state index contributed by atoms with van der Waals surface area (Å²) in [7, 11) is -6.03. The molecule has 0 spiro atoms. The molecule has 2 aromatic rings. The van der Waals surface area contributed by atoms with E-state index in [1.54, 1.807) is 0 Å². The summed E-state index contributed by atoms with van der Waals surface area (Å²) < 4.78 is 65.2. The molecule has 27 heavy (non-hydrogen) atoms. The molecule has 0 aromatic heterocycles. The molecular weight excluding hydrogens is 512 g/mol. The van der Waals surface area contributed by atoms with E-state index in [1.165, 1.54) is 12.1 Å². The van der Waals surface area contributed by atoms with Gasteiger partial charge in [-0.25, -0.2) is 0 Å². The summed E-state index contributed by atoms with van der Waals surface area (Å²) in [6.07, 6.45) is 0. The van der Waals surface area contributed by atoms with Crippen molar-refractivity contribution in [3.63, 3.8) is 0 Å². The Morgan fingerprint density at radius 3 is 1.63 bits per heavy atom. The number of benzene rings is 2. The first-order valence-electron chi connectivity index (χ1n) is 6.62. The van der Waals surface area contributed by atoms with Crippen LogP contribution in [-0.2, 0) is 12.6 Å². The predicted octanol–water partition coefficient (Wildman–Crippen LogP) is 3.83. The van der Waals surface area contributed by atoms with Crippen molar-refractivity contribution in [1.82, 2.24) is 0 Å². The van der Waals surface area contributed by atoms with Gasteiger partial charge in [-0.1, -0.05) is 0 Å². The monoisotopic (exact) mass is 520 g/mol. The van der Waals surface area contributed by atoms with Crippen molar-refractivity contribution in [1.29, 1.82) is 0 Å². The van der Waals surface area contributed by atoms with E-state index in [-0.39, 0.29) is 7.14 Å². The molecule has 2 rings (SSSR count). The van der Waals surface area contributed by atoms with E-state index in [9.17, 15) is 41.8 Å². The summed E-state index contributed by atoms with van der Waals surface area (Å²) in [4.78, 5) is 20.2. The van der Waals surface area contributed by atoms with Crippen molar-refractivity contribution in [2.24, 2.45) is 0 Å². The van der Waals surface area contributed by atoms with E-state index in [1.807, 2.05) is 0 Å². The second-order valence-corrected chi connectivity index (χ2v) is 11.2. The Labute approximate surface area is 157 Å². The van der Waals surface area contributed by atoms with Crippen molar-refractivity contribution < 1.29 is 33.9 Å². The van der Waals surface area contributed by atoms with E-state index >= 15 is 0 Å². The summed E-state index contributed by atoms with van der Waals surface area (Å²) in [5, 5.41) is 21.8. The molecule has 0 radical (unpaired) electrons. The Morgan fingerprint density at radius 2 is 1.30 bits per heavy atom. The van der Waals surface area contributed by atoms with E-state index < -0.39 is 57.1 Å². The number of nitrogens with zero attached hydrogens (tertiary/aromatic N) is 2.